The van der Waals surface area contributed by atoms with Gasteiger partial charge >= 0.3 is 5.97 Å². The summed E-state index contributed by atoms with van der Waals surface area (Å²) in [7, 11) is -4.37. The third-order valence-corrected chi connectivity index (χ3v) is 5.44. The second-order valence-electron chi connectivity index (χ2n) is 6.45. The molecule has 3 rings (SSSR count). The average molecular weight is 441 g/mol. The largest absolute Gasteiger partial charge is 0.478 e. The first-order valence-electron chi connectivity index (χ1n) is 8.96. The number of amides is 1. The molecular weight excluding hydrogens is 422 g/mol. The lowest BCUT2D eigenvalue weighted by Crippen LogP contribution is -2.17. The van der Waals surface area contributed by atoms with E-state index in [0.717, 1.165) is 12.1 Å². The zero-order valence-corrected chi connectivity index (χ0v) is 17.1. The van der Waals surface area contributed by atoms with Crippen LogP contribution in [0.15, 0.2) is 71.6 Å². The van der Waals surface area contributed by atoms with Crippen molar-refractivity contribution in [3.8, 4) is 11.5 Å². The molecule has 0 aliphatic carbocycles. The highest BCUT2D eigenvalue weighted by Crippen LogP contribution is 2.37. The minimum atomic E-state index is -4.37. The molecule has 31 heavy (non-hydrogen) atoms. The number of nitrogens with two attached hydrogens (primary N) is 1. The Hall–Kier alpha value is -4.05. The molecule has 10 heteroatoms. The van der Waals surface area contributed by atoms with E-state index in [9.17, 15) is 23.1 Å². The Morgan fingerprint density at radius 3 is 2.19 bits per heavy atom. The van der Waals surface area contributed by atoms with Gasteiger partial charge in [-0.3, -0.25) is 9.52 Å². The van der Waals surface area contributed by atoms with Crippen molar-refractivity contribution in [2.75, 3.05) is 15.8 Å². The van der Waals surface area contributed by atoms with Crippen LogP contribution in [0.2, 0.25) is 0 Å². The SMILES string of the molecule is CC(=O)Nc1ccccc1NS(=O)(=O)c1cc(C(=O)O)cc(N)c1Oc1ccccc1. The summed E-state index contributed by atoms with van der Waals surface area (Å²) in [6.45, 7) is 1.29. The number of carboxylic acids is 1. The molecular formula is C21H19N3O6S. The highest BCUT2D eigenvalue weighted by Gasteiger charge is 2.26. The number of carbonyl (C=O) groups excluding carboxylic acids is 1. The minimum absolute atomic E-state index is 0.0858. The van der Waals surface area contributed by atoms with Crippen LogP contribution in [-0.2, 0) is 14.8 Å². The van der Waals surface area contributed by atoms with Crippen LogP contribution in [-0.4, -0.2) is 25.4 Å². The van der Waals surface area contributed by atoms with Gasteiger partial charge in [0, 0.05) is 6.92 Å². The number of carboxylic acid groups (broad SMARTS) is 1. The van der Waals surface area contributed by atoms with Crippen molar-refractivity contribution in [3.63, 3.8) is 0 Å². The fourth-order valence-corrected chi connectivity index (χ4v) is 4.00. The van der Waals surface area contributed by atoms with Gasteiger partial charge in [0.05, 0.1) is 22.6 Å². The van der Waals surface area contributed by atoms with Crippen LogP contribution in [0.4, 0.5) is 17.1 Å². The van der Waals surface area contributed by atoms with Crippen molar-refractivity contribution < 1.29 is 27.9 Å². The van der Waals surface area contributed by atoms with E-state index in [1.807, 2.05) is 0 Å². The van der Waals surface area contributed by atoms with Crippen molar-refractivity contribution in [3.05, 3.63) is 72.3 Å². The topological polar surface area (TPSA) is 148 Å². The Balaban J connectivity index is 2.11. The Kier molecular flexibility index (Phi) is 6.12. The molecule has 3 aromatic carbocycles. The van der Waals surface area contributed by atoms with Gasteiger partial charge in [0.15, 0.2) is 5.75 Å². The fourth-order valence-electron chi connectivity index (χ4n) is 2.73. The number of nitrogen functional groups attached to an aromatic ring is 1. The Labute approximate surface area is 178 Å². The summed E-state index contributed by atoms with van der Waals surface area (Å²) in [5.41, 5.74) is 5.78. The van der Waals surface area contributed by atoms with E-state index in [2.05, 4.69) is 10.0 Å². The van der Waals surface area contributed by atoms with Crippen LogP contribution in [0, 0.1) is 0 Å². The second-order valence-corrected chi connectivity index (χ2v) is 8.10. The number of para-hydroxylation sites is 3. The van der Waals surface area contributed by atoms with Crippen molar-refractivity contribution in [2.24, 2.45) is 0 Å². The quantitative estimate of drug-likeness (QED) is 0.410. The lowest BCUT2D eigenvalue weighted by molar-refractivity contribution is -0.114. The minimum Gasteiger partial charge on any atom is -0.478 e. The molecule has 0 heterocycles. The molecule has 0 unspecified atom stereocenters. The summed E-state index contributed by atoms with van der Waals surface area (Å²) in [5, 5.41) is 11.9. The van der Waals surface area contributed by atoms with Gasteiger partial charge in [0.25, 0.3) is 10.0 Å². The summed E-state index contributed by atoms with van der Waals surface area (Å²) in [6, 6.07) is 16.6. The van der Waals surface area contributed by atoms with Gasteiger partial charge in [0.1, 0.15) is 10.6 Å². The zero-order chi connectivity index (χ0) is 22.6. The number of anilines is 3. The Morgan fingerprint density at radius 1 is 0.968 bits per heavy atom. The van der Waals surface area contributed by atoms with Gasteiger partial charge in [-0.05, 0) is 36.4 Å². The van der Waals surface area contributed by atoms with Gasteiger partial charge in [-0.2, -0.15) is 0 Å². The molecule has 0 atom stereocenters. The first kappa shape index (κ1) is 21.7. The number of carbonyl (C=O) groups is 2. The zero-order valence-electron chi connectivity index (χ0n) is 16.3. The molecule has 5 N–H and O–H groups in total. The molecule has 3 aromatic rings. The number of sulfonamides is 1. The molecule has 0 aliphatic rings. The van der Waals surface area contributed by atoms with Crippen molar-refractivity contribution in [1.29, 1.82) is 0 Å². The summed E-state index contributed by atoms with van der Waals surface area (Å²) in [4.78, 5) is 22.4. The second kappa shape index (κ2) is 8.76. The maximum Gasteiger partial charge on any atom is 0.335 e. The van der Waals surface area contributed by atoms with E-state index in [0.29, 0.717) is 5.75 Å². The first-order valence-corrected chi connectivity index (χ1v) is 10.4. The van der Waals surface area contributed by atoms with Crippen LogP contribution in [0.5, 0.6) is 11.5 Å². The molecule has 0 radical (unpaired) electrons. The van der Waals surface area contributed by atoms with E-state index in [1.165, 1.54) is 19.1 Å². The monoisotopic (exact) mass is 441 g/mol. The Bertz CT molecular complexity index is 1240. The van der Waals surface area contributed by atoms with Crippen LogP contribution in [0.25, 0.3) is 0 Å². The lowest BCUT2D eigenvalue weighted by atomic mass is 10.2. The van der Waals surface area contributed by atoms with E-state index >= 15 is 0 Å². The van der Waals surface area contributed by atoms with Gasteiger partial charge in [-0.25, -0.2) is 13.2 Å². The molecule has 9 nitrogen and oxygen atoms in total. The Morgan fingerprint density at radius 2 is 1.58 bits per heavy atom. The molecule has 0 aromatic heterocycles. The molecule has 1 amide bonds. The number of benzene rings is 3. The van der Waals surface area contributed by atoms with Crippen LogP contribution < -0.4 is 20.5 Å². The van der Waals surface area contributed by atoms with Crippen molar-refractivity contribution in [1.82, 2.24) is 0 Å². The third kappa shape index (κ3) is 5.11. The summed E-state index contributed by atoms with van der Waals surface area (Å²) in [6.07, 6.45) is 0. The normalized spacial score (nSPS) is 10.9. The molecule has 0 saturated carbocycles. The average Bonchev–Trinajstić information content (AvgIpc) is 2.70. The van der Waals surface area contributed by atoms with Crippen molar-refractivity contribution >= 4 is 39.0 Å². The van der Waals surface area contributed by atoms with E-state index in [-0.39, 0.29) is 28.4 Å². The summed E-state index contributed by atoms with van der Waals surface area (Å²) < 4.78 is 34.5. The smallest absolute Gasteiger partial charge is 0.335 e. The summed E-state index contributed by atoms with van der Waals surface area (Å²) >= 11 is 0. The number of ether oxygens (including phenoxy) is 1. The highest BCUT2D eigenvalue weighted by atomic mass is 32.2. The molecule has 0 saturated heterocycles. The van der Waals surface area contributed by atoms with Gasteiger partial charge in [-0.1, -0.05) is 30.3 Å². The molecule has 0 bridgehead atoms. The number of nitrogens with one attached hydrogen (secondary N) is 2. The van der Waals surface area contributed by atoms with Crippen LogP contribution >= 0.6 is 0 Å². The first-order chi connectivity index (χ1) is 14.7. The van der Waals surface area contributed by atoms with E-state index in [4.69, 9.17) is 10.5 Å². The molecule has 0 fully saturated rings. The lowest BCUT2D eigenvalue weighted by Gasteiger charge is -2.17. The van der Waals surface area contributed by atoms with E-state index < -0.39 is 26.8 Å². The van der Waals surface area contributed by atoms with Gasteiger partial charge in [-0.15, -0.1) is 0 Å². The molecule has 0 aliphatic heterocycles. The van der Waals surface area contributed by atoms with Gasteiger partial charge < -0.3 is 20.9 Å². The number of hydrogen-bond acceptors (Lipinski definition) is 6. The van der Waals surface area contributed by atoms with Crippen LogP contribution in [0.1, 0.15) is 17.3 Å². The predicted molar refractivity (Wildman–Crippen MR) is 116 cm³/mol. The molecule has 160 valence electrons. The number of rotatable bonds is 7. The molecule has 0 spiro atoms. The third-order valence-electron chi connectivity index (χ3n) is 4.07. The standard InChI is InChI=1S/C21H19N3O6S/c1-13(25)23-17-9-5-6-10-18(17)24-31(28,29)19-12-14(21(26)27)11-16(22)20(19)30-15-7-3-2-4-8-15/h2-12,24H,22H2,1H3,(H,23,25)(H,26,27). The number of aromatic carboxylic acids is 1. The maximum absolute atomic E-state index is 13.2. The highest BCUT2D eigenvalue weighted by molar-refractivity contribution is 7.92. The van der Waals surface area contributed by atoms with Crippen LogP contribution in [0.3, 0.4) is 0 Å². The van der Waals surface area contributed by atoms with E-state index in [1.54, 1.807) is 42.5 Å². The fraction of sp³-hybridized carbons (Fsp3) is 0.0476. The summed E-state index contributed by atoms with van der Waals surface area (Å²) in [5.74, 6) is -1.65. The number of hydrogen-bond donors (Lipinski definition) is 4. The van der Waals surface area contributed by atoms with Crippen molar-refractivity contribution in [2.45, 2.75) is 11.8 Å². The predicted octanol–water partition coefficient (Wildman–Crippen LogP) is 3.52. The van der Waals surface area contributed by atoms with Gasteiger partial charge in [0.2, 0.25) is 5.91 Å². The maximum atomic E-state index is 13.2.